The standard InChI is InChI=1S/C19H14Cl2N4O/c1-11-5-12(2)7-14(6-11)26-19-15-9-24-25(18(15)22-10-23-19)13-3-4-16(20)17(21)8-13/h3-10H,1-2H3. The highest BCUT2D eigenvalue weighted by molar-refractivity contribution is 6.42. The molecular weight excluding hydrogens is 371 g/mol. The molecule has 130 valence electrons. The van der Waals surface area contributed by atoms with E-state index in [4.69, 9.17) is 27.9 Å². The van der Waals surface area contributed by atoms with Gasteiger partial charge in [0.1, 0.15) is 17.5 Å². The first-order valence-electron chi connectivity index (χ1n) is 7.91. The van der Waals surface area contributed by atoms with Crippen LogP contribution in [-0.4, -0.2) is 19.7 Å². The Bertz CT molecular complexity index is 1100. The van der Waals surface area contributed by atoms with Crippen molar-refractivity contribution in [2.24, 2.45) is 0 Å². The Morgan fingerprint density at radius 1 is 0.923 bits per heavy atom. The molecule has 0 atom stereocenters. The van der Waals surface area contributed by atoms with Gasteiger partial charge in [-0.05, 0) is 55.3 Å². The van der Waals surface area contributed by atoms with Crippen LogP contribution in [0, 0.1) is 13.8 Å². The van der Waals surface area contributed by atoms with Gasteiger partial charge in [0.25, 0.3) is 0 Å². The van der Waals surface area contributed by atoms with Gasteiger partial charge in [-0.25, -0.2) is 14.6 Å². The van der Waals surface area contributed by atoms with Crippen molar-refractivity contribution >= 4 is 34.2 Å². The second kappa shape index (κ2) is 6.59. The van der Waals surface area contributed by atoms with E-state index in [2.05, 4.69) is 21.1 Å². The molecular formula is C19H14Cl2N4O. The number of fused-ring (bicyclic) bond motifs is 1. The predicted molar refractivity (Wildman–Crippen MR) is 103 cm³/mol. The van der Waals surface area contributed by atoms with Gasteiger partial charge in [-0.15, -0.1) is 0 Å². The molecule has 0 aliphatic rings. The van der Waals surface area contributed by atoms with E-state index in [1.54, 1.807) is 23.0 Å². The van der Waals surface area contributed by atoms with Crippen molar-refractivity contribution in [2.75, 3.05) is 0 Å². The summed E-state index contributed by atoms with van der Waals surface area (Å²) >= 11 is 12.1. The number of aromatic nitrogens is 4. The summed E-state index contributed by atoms with van der Waals surface area (Å²) in [6, 6.07) is 11.3. The molecule has 2 heterocycles. The Balaban J connectivity index is 1.78. The number of aryl methyl sites for hydroxylation is 2. The maximum Gasteiger partial charge on any atom is 0.233 e. The second-order valence-corrected chi connectivity index (χ2v) is 6.81. The third kappa shape index (κ3) is 3.11. The molecule has 0 N–H and O–H groups in total. The van der Waals surface area contributed by atoms with Gasteiger partial charge in [0.05, 0.1) is 21.9 Å². The molecule has 0 spiro atoms. The normalized spacial score (nSPS) is 11.1. The number of hydrogen-bond donors (Lipinski definition) is 0. The third-order valence-electron chi connectivity index (χ3n) is 3.89. The zero-order chi connectivity index (χ0) is 18.3. The highest BCUT2D eigenvalue weighted by atomic mass is 35.5. The number of hydrogen-bond acceptors (Lipinski definition) is 4. The van der Waals surface area contributed by atoms with Crippen LogP contribution in [0.3, 0.4) is 0 Å². The summed E-state index contributed by atoms with van der Waals surface area (Å²) in [6.07, 6.45) is 3.13. The van der Waals surface area contributed by atoms with Gasteiger partial charge < -0.3 is 4.74 Å². The minimum atomic E-state index is 0.450. The molecule has 0 saturated carbocycles. The first-order chi connectivity index (χ1) is 12.5. The average Bonchev–Trinajstić information content (AvgIpc) is 3.02. The molecule has 0 aliphatic heterocycles. The minimum absolute atomic E-state index is 0.450. The fourth-order valence-corrected chi connectivity index (χ4v) is 3.11. The summed E-state index contributed by atoms with van der Waals surface area (Å²) in [5.74, 6) is 1.18. The fourth-order valence-electron chi connectivity index (χ4n) is 2.81. The molecule has 0 fully saturated rings. The maximum atomic E-state index is 6.12. The van der Waals surface area contributed by atoms with Crippen LogP contribution in [0.25, 0.3) is 16.7 Å². The smallest absolute Gasteiger partial charge is 0.233 e. The van der Waals surface area contributed by atoms with Crippen molar-refractivity contribution in [1.29, 1.82) is 0 Å². The van der Waals surface area contributed by atoms with E-state index < -0.39 is 0 Å². The topological polar surface area (TPSA) is 52.8 Å². The molecule has 0 amide bonds. The first-order valence-corrected chi connectivity index (χ1v) is 8.67. The van der Waals surface area contributed by atoms with Crippen molar-refractivity contribution in [2.45, 2.75) is 13.8 Å². The maximum absolute atomic E-state index is 6.12. The zero-order valence-electron chi connectivity index (χ0n) is 14.1. The molecule has 4 aromatic rings. The first kappa shape index (κ1) is 16.8. The van der Waals surface area contributed by atoms with Crippen LogP contribution in [0.5, 0.6) is 11.6 Å². The molecule has 0 unspecified atom stereocenters. The summed E-state index contributed by atoms with van der Waals surface area (Å²) in [4.78, 5) is 8.61. The summed E-state index contributed by atoms with van der Waals surface area (Å²) < 4.78 is 7.67. The highest BCUT2D eigenvalue weighted by Crippen LogP contribution is 2.30. The Hall–Kier alpha value is -2.63. The van der Waals surface area contributed by atoms with E-state index in [0.29, 0.717) is 27.0 Å². The summed E-state index contributed by atoms with van der Waals surface area (Å²) in [5.41, 5.74) is 3.62. The van der Waals surface area contributed by atoms with E-state index in [-0.39, 0.29) is 0 Å². The quantitative estimate of drug-likeness (QED) is 0.465. The minimum Gasteiger partial charge on any atom is -0.438 e. The SMILES string of the molecule is Cc1cc(C)cc(Oc2ncnc3c2cnn3-c2ccc(Cl)c(Cl)c2)c1. The molecule has 7 heteroatoms. The Labute approximate surface area is 160 Å². The highest BCUT2D eigenvalue weighted by Gasteiger charge is 2.14. The van der Waals surface area contributed by atoms with E-state index in [9.17, 15) is 0 Å². The molecule has 0 aliphatic carbocycles. The van der Waals surface area contributed by atoms with Crippen LogP contribution in [0.1, 0.15) is 11.1 Å². The Morgan fingerprint density at radius 3 is 2.42 bits per heavy atom. The average molecular weight is 385 g/mol. The van der Waals surface area contributed by atoms with Crippen LogP contribution in [0.4, 0.5) is 0 Å². The molecule has 5 nitrogen and oxygen atoms in total. The predicted octanol–water partition coefficient (Wildman–Crippen LogP) is 5.53. The Morgan fingerprint density at radius 2 is 1.69 bits per heavy atom. The van der Waals surface area contributed by atoms with Crippen molar-refractivity contribution in [3.63, 3.8) is 0 Å². The summed E-state index contributed by atoms with van der Waals surface area (Å²) in [7, 11) is 0. The lowest BCUT2D eigenvalue weighted by atomic mass is 10.1. The lowest BCUT2D eigenvalue weighted by Gasteiger charge is -2.08. The lowest BCUT2D eigenvalue weighted by molar-refractivity contribution is 0.467. The van der Waals surface area contributed by atoms with Crippen LogP contribution in [0.15, 0.2) is 48.9 Å². The Kier molecular flexibility index (Phi) is 4.26. The second-order valence-electron chi connectivity index (χ2n) is 6.00. The number of ether oxygens (including phenoxy) is 1. The van der Waals surface area contributed by atoms with E-state index in [1.807, 2.05) is 32.0 Å². The van der Waals surface area contributed by atoms with Gasteiger partial charge >= 0.3 is 0 Å². The number of halogens is 2. The number of nitrogens with zero attached hydrogens (tertiary/aromatic N) is 4. The molecule has 0 bridgehead atoms. The monoisotopic (exact) mass is 384 g/mol. The summed E-state index contributed by atoms with van der Waals surface area (Å²) in [6.45, 7) is 4.05. The van der Waals surface area contributed by atoms with Crippen molar-refractivity contribution < 1.29 is 4.74 Å². The number of benzene rings is 2. The zero-order valence-corrected chi connectivity index (χ0v) is 15.6. The largest absolute Gasteiger partial charge is 0.438 e. The van der Waals surface area contributed by atoms with Crippen LogP contribution in [-0.2, 0) is 0 Å². The van der Waals surface area contributed by atoms with E-state index in [1.165, 1.54) is 6.33 Å². The number of rotatable bonds is 3. The van der Waals surface area contributed by atoms with Crippen LogP contribution >= 0.6 is 23.2 Å². The van der Waals surface area contributed by atoms with Gasteiger partial charge in [-0.3, -0.25) is 0 Å². The van der Waals surface area contributed by atoms with E-state index in [0.717, 1.165) is 22.6 Å². The van der Waals surface area contributed by atoms with Crippen LogP contribution in [0.2, 0.25) is 10.0 Å². The van der Waals surface area contributed by atoms with Crippen molar-refractivity contribution in [3.8, 4) is 17.3 Å². The third-order valence-corrected chi connectivity index (χ3v) is 4.63. The van der Waals surface area contributed by atoms with Gasteiger partial charge in [0.15, 0.2) is 5.65 Å². The summed E-state index contributed by atoms with van der Waals surface area (Å²) in [5, 5.41) is 6.05. The van der Waals surface area contributed by atoms with Gasteiger partial charge in [0.2, 0.25) is 5.88 Å². The van der Waals surface area contributed by atoms with Gasteiger partial charge in [-0.1, -0.05) is 29.3 Å². The fraction of sp³-hybridized carbons (Fsp3) is 0.105. The molecule has 4 rings (SSSR count). The molecule has 2 aromatic carbocycles. The molecule has 26 heavy (non-hydrogen) atoms. The van der Waals surface area contributed by atoms with E-state index >= 15 is 0 Å². The van der Waals surface area contributed by atoms with Crippen molar-refractivity contribution in [3.05, 3.63) is 70.1 Å². The van der Waals surface area contributed by atoms with Gasteiger partial charge in [0, 0.05) is 0 Å². The van der Waals surface area contributed by atoms with Crippen molar-refractivity contribution in [1.82, 2.24) is 19.7 Å². The van der Waals surface area contributed by atoms with Gasteiger partial charge in [-0.2, -0.15) is 5.10 Å². The molecule has 2 aromatic heterocycles. The molecule has 0 saturated heterocycles. The lowest BCUT2D eigenvalue weighted by Crippen LogP contribution is -1.98. The van der Waals surface area contributed by atoms with Crippen LogP contribution < -0.4 is 4.74 Å². The molecule has 0 radical (unpaired) electrons.